The Bertz CT molecular complexity index is 519. The molecule has 6 nitrogen and oxygen atoms in total. The largest absolute Gasteiger partial charge is 0.491 e. The van der Waals surface area contributed by atoms with E-state index in [0.29, 0.717) is 5.75 Å². The third-order valence-electron chi connectivity index (χ3n) is 2.66. The molecule has 0 aliphatic heterocycles. The zero-order valence-electron chi connectivity index (χ0n) is 11.8. The third kappa shape index (κ3) is 6.33. The summed E-state index contributed by atoms with van der Waals surface area (Å²) in [6.07, 6.45) is -1.04. The lowest BCUT2D eigenvalue weighted by Crippen LogP contribution is -2.34. The summed E-state index contributed by atoms with van der Waals surface area (Å²) in [5, 5.41) is 9.49. The van der Waals surface area contributed by atoms with Crippen LogP contribution in [0.2, 0.25) is 0 Å². The SMILES string of the molecule is CC(C)(C)c1ccc(OC[C@@H](O)CNS(=O)(=O)O)cc1. The van der Waals surface area contributed by atoms with E-state index in [2.05, 4.69) is 20.8 Å². The van der Waals surface area contributed by atoms with Gasteiger partial charge in [-0.2, -0.15) is 13.1 Å². The molecule has 0 spiro atoms. The lowest BCUT2D eigenvalue weighted by atomic mass is 9.87. The van der Waals surface area contributed by atoms with Crippen molar-refractivity contribution in [2.45, 2.75) is 32.3 Å². The molecule has 114 valence electrons. The first kappa shape index (κ1) is 16.9. The molecule has 7 heteroatoms. The zero-order chi connectivity index (χ0) is 15.4. The molecule has 0 aliphatic rings. The van der Waals surface area contributed by atoms with Crippen molar-refractivity contribution in [3.8, 4) is 5.75 Å². The Morgan fingerprint density at radius 1 is 1.25 bits per heavy atom. The van der Waals surface area contributed by atoms with E-state index in [1.54, 1.807) is 16.9 Å². The molecular formula is C13H21NO5S. The van der Waals surface area contributed by atoms with Gasteiger partial charge in [0.05, 0.1) is 0 Å². The predicted molar refractivity (Wildman–Crippen MR) is 76.2 cm³/mol. The van der Waals surface area contributed by atoms with E-state index in [-0.39, 0.29) is 18.6 Å². The predicted octanol–water partition coefficient (Wildman–Crippen LogP) is 1.12. The second-order valence-electron chi connectivity index (χ2n) is 5.56. The fourth-order valence-corrected chi connectivity index (χ4v) is 1.91. The van der Waals surface area contributed by atoms with Gasteiger partial charge in [-0.05, 0) is 23.1 Å². The van der Waals surface area contributed by atoms with Crippen LogP contribution in [0.3, 0.4) is 0 Å². The van der Waals surface area contributed by atoms with Gasteiger partial charge in [-0.15, -0.1) is 0 Å². The van der Waals surface area contributed by atoms with Crippen LogP contribution < -0.4 is 9.46 Å². The molecule has 0 amide bonds. The first-order valence-corrected chi connectivity index (χ1v) is 7.65. The summed E-state index contributed by atoms with van der Waals surface area (Å²) in [6, 6.07) is 7.48. The van der Waals surface area contributed by atoms with E-state index < -0.39 is 16.4 Å². The van der Waals surface area contributed by atoms with Gasteiger partial charge in [-0.3, -0.25) is 4.55 Å². The van der Waals surface area contributed by atoms with Gasteiger partial charge in [0.1, 0.15) is 18.5 Å². The maximum atomic E-state index is 10.4. The van der Waals surface area contributed by atoms with Gasteiger partial charge >= 0.3 is 10.3 Å². The number of aliphatic hydroxyl groups is 1. The van der Waals surface area contributed by atoms with Crippen molar-refractivity contribution < 1.29 is 22.8 Å². The molecule has 0 fully saturated rings. The molecule has 1 rings (SSSR count). The molecule has 0 unspecified atom stereocenters. The smallest absolute Gasteiger partial charge is 0.333 e. The van der Waals surface area contributed by atoms with Crippen molar-refractivity contribution >= 4 is 10.3 Å². The zero-order valence-corrected chi connectivity index (χ0v) is 12.6. The molecule has 3 N–H and O–H groups in total. The lowest BCUT2D eigenvalue weighted by molar-refractivity contribution is 0.110. The quantitative estimate of drug-likeness (QED) is 0.684. The summed E-state index contributed by atoms with van der Waals surface area (Å²) in [6.45, 7) is 5.94. The van der Waals surface area contributed by atoms with E-state index in [1.807, 2.05) is 12.1 Å². The summed E-state index contributed by atoms with van der Waals surface area (Å²) in [5.41, 5.74) is 1.22. The van der Waals surface area contributed by atoms with Gasteiger partial charge < -0.3 is 9.84 Å². The van der Waals surface area contributed by atoms with Crippen LogP contribution in [-0.4, -0.2) is 37.3 Å². The molecular weight excluding hydrogens is 282 g/mol. The van der Waals surface area contributed by atoms with Crippen LogP contribution in [0.4, 0.5) is 0 Å². The van der Waals surface area contributed by atoms with Gasteiger partial charge in [0.25, 0.3) is 0 Å². The Kier molecular flexibility index (Phi) is 5.52. The van der Waals surface area contributed by atoms with Crippen molar-refractivity contribution in [3.05, 3.63) is 29.8 Å². The molecule has 0 bridgehead atoms. The van der Waals surface area contributed by atoms with Crippen molar-refractivity contribution in [2.75, 3.05) is 13.2 Å². The first-order chi connectivity index (χ1) is 9.08. The molecule has 0 saturated carbocycles. The van der Waals surface area contributed by atoms with Gasteiger partial charge in [0.15, 0.2) is 0 Å². The van der Waals surface area contributed by atoms with Crippen molar-refractivity contribution in [3.63, 3.8) is 0 Å². The van der Waals surface area contributed by atoms with Gasteiger partial charge in [0, 0.05) is 6.54 Å². The van der Waals surface area contributed by atoms with E-state index >= 15 is 0 Å². The van der Waals surface area contributed by atoms with Crippen LogP contribution >= 0.6 is 0 Å². The molecule has 1 aromatic rings. The summed E-state index contributed by atoms with van der Waals surface area (Å²) < 4.78 is 36.5. The molecule has 1 aromatic carbocycles. The van der Waals surface area contributed by atoms with Crippen molar-refractivity contribution in [2.24, 2.45) is 0 Å². The van der Waals surface area contributed by atoms with Crippen molar-refractivity contribution in [1.82, 2.24) is 4.72 Å². The highest BCUT2D eigenvalue weighted by molar-refractivity contribution is 7.83. The van der Waals surface area contributed by atoms with Crippen LogP contribution in [0, 0.1) is 0 Å². The highest BCUT2D eigenvalue weighted by Crippen LogP contribution is 2.24. The normalized spacial score (nSPS) is 14.1. The average molecular weight is 303 g/mol. The minimum atomic E-state index is -4.29. The molecule has 0 heterocycles. The number of nitrogens with one attached hydrogen (secondary N) is 1. The third-order valence-corrected chi connectivity index (χ3v) is 3.20. The fourth-order valence-electron chi connectivity index (χ4n) is 1.50. The van der Waals surface area contributed by atoms with Gasteiger partial charge in [0.2, 0.25) is 0 Å². The Balaban J connectivity index is 2.46. The van der Waals surface area contributed by atoms with Crippen LogP contribution in [0.25, 0.3) is 0 Å². The fraction of sp³-hybridized carbons (Fsp3) is 0.538. The maximum absolute atomic E-state index is 10.4. The van der Waals surface area contributed by atoms with Gasteiger partial charge in [-0.1, -0.05) is 32.9 Å². The molecule has 0 aromatic heterocycles. The van der Waals surface area contributed by atoms with Crippen LogP contribution in [0.1, 0.15) is 26.3 Å². The molecule has 0 aliphatic carbocycles. The topological polar surface area (TPSA) is 95.9 Å². The van der Waals surface area contributed by atoms with E-state index in [1.165, 1.54) is 5.56 Å². The van der Waals surface area contributed by atoms with Crippen molar-refractivity contribution in [1.29, 1.82) is 0 Å². The number of aliphatic hydroxyl groups excluding tert-OH is 1. The number of rotatable bonds is 6. The molecule has 20 heavy (non-hydrogen) atoms. The Hall–Kier alpha value is -1.15. The minimum Gasteiger partial charge on any atom is -0.491 e. The van der Waals surface area contributed by atoms with E-state index in [9.17, 15) is 13.5 Å². The lowest BCUT2D eigenvalue weighted by Gasteiger charge is -2.19. The van der Waals surface area contributed by atoms with Crippen LogP contribution in [0.5, 0.6) is 5.75 Å². The Morgan fingerprint density at radius 3 is 2.25 bits per heavy atom. The van der Waals surface area contributed by atoms with E-state index in [4.69, 9.17) is 9.29 Å². The maximum Gasteiger partial charge on any atom is 0.333 e. The minimum absolute atomic E-state index is 0.0530. The highest BCUT2D eigenvalue weighted by atomic mass is 32.2. The molecule has 1 atom stereocenters. The number of hydrogen-bond acceptors (Lipinski definition) is 4. The number of ether oxygens (including phenoxy) is 1. The average Bonchev–Trinajstić information content (AvgIpc) is 2.32. The summed E-state index contributed by atoms with van der Waals surface area (Å²) in [7, 11) is -4.29. The Labute approximate surface area is 119 Å². The second kappa shape index (κ2) is 6.53. The first-order valence-electron chi connectivity index (χ1n) is 6.21. The summed E-state index contributed by atoms with van der Waals surface area (Å²) in [5.74, 6) is 0.587. The summed E-state index contributed by atoms with van der Waals surface area (Å²) >= 11 is 0. The standard InChI is InChI=1S/C13H21NO5S/c1-13(2,3)10-4-6-12(7-5-10)19-9-11(15)8-14-20(16,17)18/h4-7,11,14-15H,8-9H2,1-3H3,(H,16,17,18)/t11-/m0/s1. The van der Waals surface area contributed by atoms with Crippen LogP contribution in [-0.2, 0) is 15.7 Å². The number of hydrogen-bond donors (Lipinski definition) is 3. The monoisotopic (exact) mass is 303 g/mol. The van der Waals surface area contributed by atoms with Crippen LogP contribution in [0.15, 0.2) is 24.3 Å². The molecule has 0 radical (unpaired) electrons. The second-order valence-corrected chi connectivity index (χ2v) is 6.80. The van der Waals surface area contributed by atoms with Gasteiger partial charge in [-0.25, -0.2) is 0 Å². The number of benzene rings is 1. The Morgan fingerprint density at radius 2 is 1.80 bits per heavy atom. The summed E-state index contributed by atoms with van der Waals surface area (Å²) in [4.78, 5) is 0. The molecule has 0 saturated heterocycles. The van der Waals surface area contributed by atoms with E-state index in [0.717, 1.165) is 0 Å². The highest BCUT2D eigenvalue weighted by Gasteiger charge is 2.13.